The molecule has 0 atom stereocenters. The van der Waals surface area contributed by atoms with E-state index in [2.05, 4.69) is 22.2 Å². The zero-order valence-electron chi connectivity index (χ0n) is 18.0. The van der Waals surface area contributed by atoms with Crippen LogP contribution >= 0.6 is 0 Å². The van der Waals surface area contributed by atoms with Gasteiger partial charge in [0.1, 0.15) is 11.6 Å². The van der Waals surface area contributed by atoms with Crippen molar-refractivity contribution in [1.29, 1.82) is 0 Å². The van der Waals surface area contributed by atoms with Gasteiger partial charge in [0.15, 0.2) is 11.5 Å². The summed E-state index contributed by atoms with van der Waals surface area (Å²) in [4.78, 5) is 24.3. The number of rotatable bonds is 4. The second-order valence-corrected chi connectivity index (χ2v) is 8.53. The minimum atomic E-state index is -0.226. The van der Waals surface area contributed by atoms with E-state index in [1.54, 1.807) is 12.0 Å². The van der Waals surface area contributed by atoms with Crippen LogP contribution in [0, 0.1) is 6.92 Å². The maximum absolute atomic E-state index is 13.5. The molecule has 1 fully saturated rings. The third-order valence-electron chi connectivity index (χ3n) is 5.87. The molecule has 1 amide bonds. The van der Waals surface area contributed by atoms with Gasteiger partial charge in [0.05, 0.1) is 19.1 Å². The lowest BCUT2D eigenvalue weighted by Crippen LogP contribution is -2.35. The zero-order chi connectivity index (χ0) is 21.6. The number of carbonyl (C=O) groups excluding carboxylic acids is 1. The molecule has 8 heteroatoms. The number of hydrogen-bond acceptors (Lipinski definition) is 7. The first-order valence-corrected chi connectivity index (χ1v) is 10.6. The maximum Gasteiger partial charge on any atom is 0.292 e. The van der Waals surface area contributed by atoms with Gasteiger partial charge in [0.2, 0.25) is 11.5 Å². The molecule has 31 heavy (non-hydrogen) atoms. The normalized spacial score (nSPS) is 17.3. The van der Waals surface area contributed by atoms with Gasteiger partial charge in [0.25, 0.3) is 5.91 Å². The Kier molecular flexibility index (Phi) is 4.72. The van der Waals surface area contributed by atoms with E-state index in [4.69, 9.17) is 13.9 Å². The fraction of sp³-hybridized carbons (Fsp3) is 0.435. The van der Waals surface area contributed by atoms with Gasteiger partial charge in [-0.25, -0.2) is 4.98 Å². The summed E-state index contributed by atoms with van der Waals surface area (Å²) in [7, 11) is 1.62. The highest BCUT2D eigenvalue weighted by molar-refractivity contribution is 5.95. The Balaban J connectivity index is 1.50. The second kappa shape index (κ2) is 7.44. The molecule has 3 heterocycles. The van der Waals surface area contributed by atoms with Gasteiger partial charge < -0.3 is 24.1 Å². The van der Waals surface area contributed by atoms with Gasteiger partial charge in [-0.1, -0.05) is 12.1 Å². The van der Waals surface area contributed by atoms with Gasteiger partial charge >= 0.3 is 0 Å². The Hall–Kier alpha value is -3.29. The Morgan fingerprint density at radius 1 is 1.29 bits per heavy atom. The number of aryl methyl sites for hydroxylation is 1. The summed E-state index contributed by atoms with van der Waals surface area (Å²) in [6, 6.07) is 7.62. The first kappa shape index (κ1) is 19.7. The van der Waals surface area contributed by atoms with E-state index in [0.717, 1.165) is 29.6 Å². The molecule has 1 aromatic carbocycles. The van der Waals surface area contributed by atoms with Crippen LogP contribution in [0.1, 0.15) is 48.1 Å². The lowest BCUT2D eigenvalue weighted by molar-refractivity contribution is 0.0709. The van der Waals surface area contributed by atoms with E-state index in [1.807, 2.05) is 31.2 Å². The molecule has 2 aromatic heterocycles. The Labute approximate surface area is 180 Å². The minimum absolute atomic E-state index is 0.0140. The first-order valence-electron chi connectivity index (χ1n) is 10.6. The molecule has 3 aromatic rings. The van der Waals surface area contributed by atoms with Gasteiger partial charge in [-0.3, -0.25) is 4.79 Å². The van der Waals surface area contributed by atoms with Gasteiger partial charge in [-0.05, 0) is 45.2 Å². The van der Waals surface area contributed by atoms with Gasteiger partial charge in [-0.15, -0.1) is 0 Å². The molecule has 0 saturated heterocycles. The maximum atomic E-state index is 13.5. The van der Waals surface area contributed by atoms with Crippen LogP contribution in [-0.2, 0) is 6.54 Å². The number of furan rings is 1. The first-order chi connectivity index (χ1) is 15.0. The molecule has 0 spiro atoms. The summed E-state index contributed by atoms with van der Waals surface area (Å²) in [5, 5.41) is 4.29. The van der Waals surface area contributed by atoms with Gasteiger partial charge in [0, 0.05) is 24.2 Å². The van der Waals surface area contributed by atoms with E-state index in [9.17, 15) is 4.79 Å². The molecule has 5 rings (SSSR count). The standard InChI is InChI=1S/C23H26N4O4/c1-14-12-16-19(26-23(2)8-9-23)24-20(25-21(16)31-14)22(28)27-10-5-11-30-18-15(13-27)6-4-7-17(18)29-3/h4,6-7,12H,5,8-11,13H2,1-3H3,(H,24,25,26). The van der Waals surface area contributed by atoms with Crippen LogP contribution in [-0.4, -0.2) is 46.6 Å². The molecule has 1 N–H and O–H groups in total. The van der Waals surface area contributed by atoms with E-state index in [0.29, 0.717) is 49.1 Å². The quantitative estimate of drug-likeness (QED) is 0.681. The predicted octanol–water partition coefficient (Wildman–Crippen LogP) is 3.93. The summed E-state index contributed by atoms with van der Waals surface area (Å²) >= 11 is 0. The van der Waals surface area contributed by atoms with Crippen molar-refractivity contribution in [2.24, 2.45) is 0 Å². The average Bonchev–Trinajstić information content (AvgIpc) is 3.33. The van der Waals surface area contributed by atoms with E-state index in [1.165, 1.54) is 0 Å². The van der Waals surface area contributed by atoms with Crippen molar-refractivity contribution in [2.45, 2.75) is 45.2 Å². The smallest absolute Gasteiger partial charge is 0.292 e. The van der Waals surface area contributed by atoms with Crippen LogP contribution in [0.15, 0.2) is 28.7 Å². The molecule has 0 unspecified atom stereocenters. The molecule has 0 bridgehead atoms. The van der Waals surface area contributed by atoms with Crippen LogP contribution in [0.5, 0.6) is 11.5 Å². The molecule has 162 valence electrons. The lowest BCUT2D eigenvalue weighted by atomic mass is 10.1. The number of para-hydroxylation sites is 1. The third kappa shape index (κ3) is 3.78. The number of methoxy groups -OCH3 is 1. The highest BCUT2D eigenvalue weighted by Gasteiger charge is 2.38. The number of benzene rings is 1. The fourth-order valence-corrected chi connectivity index (χ4v) is 3.87. The second-order valence-electron chi connectivity index (χ2n) is 8.53. The van der Waals surface area contributed by atoms with Crippen molar-refractivity contribution in [3.63, 3.8) is 0 Å². The molecule has 1 aliphatic heterocycles. The van der Waals surface area contributed by atoms with E-state index < -0.39 is 0 Å². The number of amides is 1. The molecule has 1 saturated carbocycles. The van der Waals surface area contributed by atoms with Gasteiger partial charge in [-0.2, -0.15) is 4.98 Å². The van der Waals surface area contributed by atoms with Crippen molar-refractivity contribution in [1.82, 2.24) is 14.9 Å². The average molecular weight is 422 g/mol. The fourth-order valence-electron chi connectivity index (χ4n) is 3.87. The van der Waals surface area contributed by atoms with E-state index in [-0.39, 0.29) is 17.3 Å². The molecule has 1 aliphatic carbocycles. The topological polar surface area (TPSA) is 89.7 Å². The number of ether oxygens (including phenoxy) is 2. The molecular formula is C23H26N4O4. The lowest BCUT2D eigenvalue weighted by Gasteiger charge is -2.27. The summed E-state index contributed by atoms with van der Waals surface area (Å²) in [6.45, 7) is 5.46. The van der Waals surface area contributed by atoms with Crippen LogP contribution in [0.25, 0.3) is 11.1 Å². The van der Waals surface area contributed by atoms with Crippen molar-refractivity contribution in [3.05, 3.63) is 41.4 Å². The Bertz CT molecular complexity index is 1150. The van der Waals surface area contributed by atoms with Crippen LogP contribution in [0.2, 0.25) is 0 Å². The summed E-state index contributed by atoms with van der Waals surface area (Å²) in [6.07, 6.45) is 2.85. The number of aromatic nitrogens is 2. The summed E-state index contributed by atoms with van der Waals surface area (Å²) in [5.74, 6) is 2.66. The van der Waals surface area contributed by atoms with Crippen LogP contribution in [0.4, 0.5) is 5.82 Å². The van der Waals surface area contributed by atoms with Crippen molar-refractivity contribution >= 4 is 22.8 Å². The van der Waals surface area contributed by atoms with Crippen LogP contribution in [0.3, 0.4) is 0 Å². The molecule has 2 aliphatic rings. The number of nitrogens with zero attached hydrogens (tertiary/aromatic N) is 3. The van der Waals surface area contributed by atoms with Crippen molar-refractivity contribution in [2.75, 3.05) is 25.6 Å². The SMILES string of the molecule is COc1cccc2c1OCCCN(C(=O)c1nc(NC3(C)CC3)c3cc(C)oc3n1)C2. The largest absolute Gasteiger partial charge is 0.493 e. The Morgan fingerprint density at radius 3 is 2.90 bits per heavy atom. The number of nitrogens with one attached hydrogen (secondary N) is 1. The molecular weight excluding hydrogens is 396 g/mol. The van der Waals surface area contributed by atoms with Crippen molar-refractivity contribution in [3.8, 4) is 11.5 Å². The Morgan fingerprint density at radius 2 is 2.13 bits per heavy atom. The predicted molar refractivity (Wildman–Crippen MR) is 116 cm³/mol. The van der Waals surface area contributed by atoms with Crippen LogP contribution < -0.4 is 14.8 Å². The highest BCUT2D eigenvalue weighted by atomic mass is 16.5. The van der Waals surface area contributed by atoms with Crippen molar-refractivity contribution < 1.29 is 18.7 Å². The minimum Gasteiger partial charge on any atom is -0.493 e. The number of fused-ring (bicyclic) bond motifs is 2. The summed E-state index contributed by atoms with van der Waals surface area (Å²) in [5.41, 5.74) is 1.34. The number of hydrogen-bond donors (Lipinski definition) is 1. The molecule has 8 nitrogen and oxygen atoms in total. The number of anilines is 1. The zero-order valence-corrected chi connectivity index (χ0v) is 18.0. The monoisotopic (exact) mass is 422 g/mol. The summed E-state index contributed by atoms with van der Waals surface area (Å²) < 4.78 is 17.1. The highest BCUT2D eigenvalue weighted by Crippen LogP contribution is 2.39. The number of carbonyl (C=O) groups is 1. The third-order valence-corrected chi connectivity index (χ3v) is 5.87. The van der Waals surface area contributed by atoms with E-state index >= 15 is 0 Å². The molecule has 0 radical (unpaired) electrons.